The number of carbonyl (C=O) groups excluding carboxylic acids is 1. The van der Waals surface area contributed by atoms with Gasteiger partial charge < -0.3 is 24.5 Å². The van der Waals surface area contributed by atoms with Crippen LogP contribution in [0.3, 0.4) is 0 Å². The van der Waals surface area contributed by atoms with Gasteiger partial charge in [-0.25, -0.2) is 0 Å². The van der Waals surface area contributed by atoms with Gasteiger partial charge in [-0.1, -0.05) is 36.4 Å². The lowest BCUT2D eigenvalue weighted by Crippen LogP contribution is -2.28. The Hall–Kier alpha value is -3.93. The van der Waals surface area contributed by atoms with E-state index in [0.29, 0.717) is 18.1 Å². The largest absolute Gasteiger partial charge is 0.497 e. The Bertz CT molecular complexity index is 1230. The molecular weight excluding hydrogens is 416 g/mol. The van der Waals surface area contributed by atoms with Crippen LogP contribution in [-0.2, 0) is 17.8 Å². The second-order valence-electron chi connectivity index (χ2n) is 7.88. The molecule has 170 valence electrons. The predicted octanol–water partition coefficient (Wildman–Crippen LogP) is 5.18. The molecule has 0 aliphatic rings. The second-order valence-corrected chi connectivity index (χ2v) is 7.88. The smallest absolute Gasteiger partial charge is 0.224 e. The van der Waals surface area contributed by atoms with E-state index in [4.69, 9.17) is 14.2 Å². The van der Waals surface area contributed by atoms with Crippen LogP contribution in [0.1, 0.15) is 29.7 Å². The number of hydrogen-bond acceptors (Lipinski definition) is 4. The van der Waals surface area contributed by atoms with E-state index in [-0.39, 0.29) is 18.4 Å². The van der Waals surface area contributed by atoms with E-state index in [9.17, 15) is 4.79 Å². The van der Waals surface area contributed by atoms with Crippen molar-refractivity contribution in [1.82, 2.24) is 10.3 Å². The van der Waals surface area contributed by atoms with Gasteiger partial charge in [0.05, 0.1) is 26.7 Å². The average molecular weight is 445 g/mol. The van der Waals surface area contributed by atoms with Crippen molar-refractivity contribution in [2.45, 2.75) is 26.0 Å². The molecule has 4 rings (SSSR count). The Morgan fingerprint density at radius 1 is 0.970 bits per heavy atom. The van der Waals surface area contributed by atoms with Crippen molar-refractivity contribution < 1.29 is 19.0 Å². The lowest BCUT2D eigenvalue weighted by molar-refractivity contribution is -0.121. The Labute approximate surface area is 193 Å². The molecule has 33 heavy (non-hydrogen) atoms. The molecule has 0 aliphatic heterocycles. The molecule has 1 atom stereocenters. The first kappa shape index (κ1) is 22.3. The van der Waals surface area contributed by atoms with Crippen LogP contribution in [-0.4, -0.2) is 25.1 Å². The lowest BCUT2D eigenvalue weighted by atomic mass is 10.1. The minimum atomic E-state index is -0.186. The molecular formula is C27H28N2O4. The fourth-order valence-electron chi connectivity index (χ4n) is 3.79. The average Bonchev–Trinajstić information content (AvgIpc) is 3.24. The summed E-state index contributed by atoms with van der Waals surface area (Å²) in [5.74, 6) is 2.00. The molecule has 0 spiro atoms. The number of ether oxygens (including phenoxy) is 3. The maximum atomic E-state index is 12.8. The zero-order valence-corrected chi connectivity index (χ0v) is 19.1. The standard InChI is InChI=1S/C27H28N2O4/c1-18(29-27(30)14-21-16-28-24-11-10-22(31-2)15-23(21)24)20-9-12-25(26(13-20)32-3)33-17-19-7-5-4-6-8-19/h4-13,15-16,18,28H,14,17H2,1-3H3,(H,29,30). The summed E-state index contributed by atoms with van der Waals surface area (Å²) in [6, 6.07) is 21.3. The Balaban J connectivity index is 1.41. The zero-order chi connectivity index (χ0) is 23.2. The van der Waals surface area contributed by atoms with Gasteiger partial charge in [-0.3, -0.25) is 4.79 Å². The number of aromatic amines is 1. The first-order valence-electron chi connectivity index (χ1n) is 10.9. The minimum absolute atomic E-state index is 0.0606. The van der Waals surface area contributed by atoms with Crippen LogP contribution < -0.4 is 19.5 Å². The summed E-state index contributed by atoms with van der Waals surface area (Å²) in [5.41, 5.74) is 3.92. The first-order valence-corrected chi connectivity index (χ1v) is 10.9. The fraction of sp³-hybridized carbons (Fsp3) is 0.222. The molecule has 0 aliphatic carbocycles. The van der Waals surface area contributed by atoms with E-state index in [1.807, 2.05) is 79.9 Å². The highest BCUT2D eigenvalue weighted by Gasteiger charge is 2.15. The van der Waals surface area contributed by atoms with E-state index in [1.165, 1.54) is 0 Å². The number of fused-ring (bicyclic) bond motifs is 1. The lowest BCUT2D eigenvalue weighted by Gasteiger charge is -2.17. The Kier molecular flexibility index (Phi) is 6.83. The molecule has 0 radical (unpaired) electrons. The third kappa shape index (κ3) is 5.29. The van der Waals surface area contributed by atoms with Gasteiger partial charge in [0.15, 0.2) is 11.5 Å². The number of methoxy groups -OCH3 is 2. The van der Waals surface area contributed by atoms with Gasteiger partial charge >= 0.3 is 0 Å². The van der Waals surface area contributed by atoms with Crippen molar-refractivity contribution in [1.29, 1.82) is 0 Å². The molecule has 1 aromatic heterocycles. The highest BCUT2D eigenvalue weighted by atomic mass is 16.5. The van der Waals surface area contributed by atoms with Gasteiger partial charge in [0.1, 0.15) is 12.4 Å². The van der Waals surface area contributed by atoms with Crippen LogP contribution in [0.5, 0.6) is 17.2 Å². The fourth-order valence-corrected chi connectivity index (χ4v) is 3.79. The second kappa shape index (κ2) is 10.1. The van der Waals surface area contributed by atoms with Crippen molar-refractivity contribution in [2.24, 2.45) is 0 Å². The van der Waals surface area contributed by atoms with E-state index >= 15 is 0 Å². The van der Waals surface area contributed by atoms with E-state index < -0.39 is 0 Å². The molecule has 2 N–H and O–H groups in total. The summed E-state index contributed by atoms with van der Waals surface area (Å²) < 4.78 is 16.8. The first-order chi connectivity index (χ1) is 16.1. The molecule has 4 aromatic rings. The van der Waals surface area contributed by atoms with Gasteiger partial charge in [-0.05, 0) is 53.9 Å². The topological polar surface area (TPSA) is 72.6 Å². The summed E-state index contributed by atoms with van der Waals surface area (Å²) in [5, 5.41) is 4.06. The predicted molar refractivity (Wildman–Crippen MR) is 129 cm³/mol. The van der Waals surface area contributed by atoms with Gasteiger partial charge in [-0.15, -0.1) is 0 Å². The molecule has 0 fully saturated rings. The third-order valence-electron chi connectivity index (χ3n) is 5.63. The van der Waals surface area contributed by atoms with Crippen LogP contribution in [0.2, 0.25) is 0 Å². The van der Waals surface area contributed by atoms with Gasteiger partial charge in [-0.2, -0.15) is 0 Å². The quantitative estimate of drug-likeness (QED) is 0.373. The number of carbonyl (C=O) groups is 1. The maximum Gasteiger partial charge on any atom is 0.224 e. The number of hydrogen-bond donors (Lipinski definition) is 2. The zero-order valence-electron chi connectivity index (χ0n) is 19.1. The number of H-pyrrole nitrogens is 1. The summed E-state index contributed by atoms with van der Waals surface area (Å²) in [7, 11) is 3.25. The molecule has 0 saturated carbocycles. The summed E-state index contributed by atoms with van der Waals surface area (Å²) >= 11 is 0. The molecule has 0 saturated heterocycles. The monoisotopic (exact) mass is 444 g/mol. The van der Waals surface area contributed by atoms with Gasteiger partial charge in [0.2, 0.25) is 5.91 Å². The van der Waals surface area contributed by atoms with Crippen LogP contribution in [0.25, 0.3) is 10.9 Å². The number of aromatic nitrogens is 1. The number of benzene rings is 3. The van der Waals surface area contributed by atoms with E-state index in [0.717, 1.165) is 33.3 Å². The van der Waals surface area contributed by atoms with E-state index in [2.05, 4.69) is 10.3 Å². The summed E-state index contributed by atoms with van der Waals surface area (Å²) in [4.78, 5) is 16.0. The molecule has 6 nitrogen and oxygen atoms in total. The third-order valence-corrected chi connectivity index (χ3v) is 5.63. The van der Waals surface area contributed by atoms with Crippen molar-refractivity contribution >= 4 is 16.8 Å². The van der Waals surface area contributed by atoms with E-state index in [1.54, 1.807) is 14.2 Å². The van der Waals surface area contributed by atoms with Crippen LogP contribution in [0, 0.1) is 0 Å². The molecule has 6 heteroatoms. The highest BCUT2D eigenvalue weighted by molar-refractivity contribution is 5.89. The van der Waals surface area contributed by atoms with Crippen molar-refractivity contribution in [3.63, 3.8) is 0 Å². The van der Waals surface area contributed by atoms with Crippen molar-refractivity contribution in [3.05, 3.63) is 89.6 Å². The van der Waals surface area contributed by atoms with Crippen LogP contribution in [0.15, 0.2) is 72.9 Å². The van der Waals surface area contributed by atoms with Crippen molar-refractivity contribution in [2.75, 3.05) is 14.2 Å². The Morgan fingerprint density at radius 3 is 2.55 bits per heavy atom. The summed E-state index contributed by atoms with van der Waals surface area (Å²) in [6.07, 6.45) is 2.14. The molecule has 1 amide bonds. The SMILES string of the molecule is COc1ccc2[nH]cc(CC(=O)NC(C)c3ccc(OCc4ccccc4)c(OC)c3)c2c1. The number of nitrogens with one attached hydrogen (secondary N) is 2. The normalized spacial score (nSPS) is 11.7. The maximum absolute atomic E-state index is 12.8. The minimum Gasteiger partial charge on any atom is -0.497 e. The van der Waals surface area contributed by atoms with Crippen molar-refractivity contribution in [3.8, 4) is 17.2 Å². The summed E-state index contributed by atoms with van der Waals surface area (Å²) in [6.45, 7) is 2.41. The molecule has 1 heterocycles. The Morgan fingerprint density at radius 2 is 1.79 bits per heavy atom. The van der Waals surface area contributed by atoms with Gasteiger partial charge in [0, 0.05) is 17.1 Å². The highest BCUT2D eigenvalue weighted by Crippen LogP contribution is 2.31. The van der Waals surface area contributed by atoms with Crippen LogP contribution in [0.4, 0.5) is 0 Å². The molecule has 0 bridgehead atoms. The molecule has 1 unspecified atom stereocenters. The molecule has 3 aromatic carbocycles. The van der Waals surface area contributed by atoms with Crippen LogP contribution >= 0.6 is 0 Å². The van der Waals surface area contributed by atoms with Gasteiger partial charge in [0.25, 0.3) is 0 Å². The number of amides is 1. The number of rotatable bonds is 9.